The van der Waals surface area contributed by atoms with Crippen LogP contribution in [-0.4, -0.2) is 26.2 Å². The van der Waals surface area contributed by atoms with E-state index in [-0.39, 0.29) is 24.8 Å². The third kappa shape index (κ3) is 6.60. The Labute approximate surface area is 124 Å². The number of hydrogen-bond acceptors (Lipinski definition) is 2. The van der Waals surface area contributed by atoms with E-state index in [1.54, 1.807) is 0 Å². The van der Waals surface area contributed by atoms with Crippen LogP contribution in [0.2, 0.25) is 0 Å². The van der Waals surface area contributed by atoms with Gasteiger partial charge in [-0.2, -0.15) is 0 Å². The maximum atomic E-state index is 3.29. The number of hydrogen-bond donors (Lipinski definition) is 2. The SMILES string of the molecule is CNC(C)Cc1ccccc1CC(C)NC.Cl.Cl. The predicted molar refractivity (Wildman–Crippen MR) is 85.4 cm³/mol. The molecule has 2 N–H and O–H groups in total. The maximum absolute atomic E-state index is 3.29. The van der Waals surface area contributed by atoms with Crippen LogP contribution in [0.1, 0.15) is 25.0 Å². The molecule has 0 amide bonds. The van der Waals surface area contributed by atoms with Crippen LogP contribution in [0.15, 0.2) is 24.3 Å². The lowest BCUT2D eigenvalue weighted by Gasteiger charge is -2.16. The van der Waals surface area contributed by atoms with E-state index < -0.39 is 0 Å². The lowest BCUT2D eigenvalue weighted by Crippen LogP contribution is -2.26. The van der Waals surface area contributed by atoms with Gasteiger partial charge in [0.1, 0.15) is 0 Å². The molecule has 0 fully saturated rings. The molecule has 0 saturated carbocycles. The van der Waals surface area contributed by atoms with Crippen LogP contribution >= 0.6 is 24.8 Å². The maximum Gasteiger partial charge on any atom is 0.00762 e. The lowest BCUT2D eigenvalue weighted by atomic mass is 9.96. The highest BCUT2D eigenvalue weighted by molar-refractivity contribution is 5.85. The van der Waals surface area contributed by atoms with Crippen LogP contribution in [0.4, 0.5) is 0 Å². The van der Waals surface area contributed by atoms with E-state index >= 15 is 0 Å². The molecule has 2 atom stereocenters. The fourth-order valence-electron chi connectivity index (χ4n) is 1.82. The van der Waals surface area contributed by atoms with Crippen molar-refractivity contribution in [3.63, 3.8) is 0 Å². The van der Waals surface area contributed by atoms with Crippen LogP contribution in [0, 0.1) is 0 Å². The summed E-state index contributed by atoms with van der Waals surface area (Å²) in [5.41, 5.74) is 2.93. The summed E-state index contributed by atoms with van der Waals surface area (Å²) in [5, 5.41) is 6.58. The molecule has 0 radical (unpaired) electrons. The van der Waals surface area contributed by atoms with Crippen molar-refractivity contribution in [3.8, 4) is 0 Å². The van der Waals surface area contributed by atoms with E-state index in [2.05, 4.69) is 48.7 Å². The molecule has 2 nitrogen and oxygen atoms in total. The molecule has 0 heterocycles. The second-order valence-electron chi connectivity index (χ2n) is 4.56. The Kier molecular flexibility index (Phi) is 11.8. The zero-order chi connectivity index (χ0) is 12.0. The Morgan fingerprint density at radius 1 is 0.833 bits per heavy atom. The topological polar surface area (TPSA) is 24.1 Å². The molecule has 2 unspecified atom stereocenters. The van der Waals surface area contributed by atoms with Gasteiger partial charge in [0.15, 0.2) is 0 Å². The first-order valence-corrected chi connectivity index (χ1v) is 6.08. The van der Waals surface area contributed by atoms with Crippen LogP contribution in [-0.2, 0) is 12.8 Å². The third-order valence-electron chi connectivity index (χ3n) is 3.16. The van der Waals surface area contributed by atoms with E-state index in [1.807, 2.05) is 14.1 Å². The van der Waals surface area contributed by atoms with Gasteiger partial charge in [-0.15, -0.1) is 24.8 Å². The largest absolute Gasteiger partial charge is 0.317 e. The number of nitrogens with one attached hydrogen (secondary N) is 2. The van der Waals surface area contributed by atoms with E-state index in [0.717, 1.165) is 12.8 Å². The van der Waals surface area contributed by atoms with Gasteiger partial charge in [0.25, 0.3) is 0 Å². The minimum atomic E-state index is 0. The first kappa shape index (κ1) is 20.0. The summed E-state index contributed by atoms with van der Waals surface area (Å²) in [6.07, 6.45) is 2.20. The molecule has 0 aromatic heterocycles. The van der Waals surface area contributed by atoms with Crippen LogP contribution in [0.25, 0.3) is 0 Å². The van der Waals surface area contributed by atoms with Crippen molar-refractivity contribution in [3.05, 3.63) is 35.4 Å². The van der Waals surface area contributed by atoms with Crippen LogP contribution < -0.4 is 10.6 Å². The van der Waals surface area contributed by atoms with Crippen molar-refractivity contribution in [2.45, 2.75) is 38.8 Å². The Balaban J connectivity index is 0. The summed E-state index contributed by atoms with van der Waals surface area (Å²) in [4.78, 5) is 0. The summed E-state index contributed by atoms with van der Waals surface area (Å²) in [7, 11) is 4.03. The second kappa shape index (κ2) is 10.6. The van der Waals surface area contributed by atoms with Gasteiger partial charge in [-0.1, -0.05) is 24.3 Å². The molecule has 4 heteroatoms. The lowest BCUT2D eigenvalue weighted by molar-refractivity contribution is 0.586. The average Bonchev–Trinajstić information content (AvgIpc) is 2.31. The van der Waals surface area contributed by atoms with E-state index in [4.69, 9.17) is 0 Å². The first-order chi connectivity index (χ1) is 7.67. The quantitative estimate of drug-likeness (QED) is 0.843. The van der Waals surface area contributed by atoms with Gasteiger partial charge in [0.05, 0.1) is 0 Å². The molecule has 1 rings (SSSR count). The molecule has 106 valence electrons. The van der Waals surface area contributed by atoms with Crippen molar-refractivity contribution in [1.82, 2.24) is 10.6 Å². The molecule has 0 aliphatic carbocycles. The Bertz CT molecular complexity index is 287. The highest BCUT2D eigenvalue weighted by Crippen LogP contribution is 2.13. The van der Waals surface area contributed by atoms with Crippen molar-refractivity contribution in [2.75, 3.05) is 14.1 Å². The smallest absolute Gasteiger partial charge is 0.00762 e. The monoisotopic (exact) mass is 292 g/mol. The molecule has 0 aliphatic heterocycles. The van der Waals surface area contributed by atoms with Gasteiger partial charge < -0.3 is 10.6 Å². The standard InChI is InChI=1S/C14H24N2.2ClH/c1-11(15-3)9-13-7-5-6-8-14(13)10-12(2)16-4;;/h5-8,11-12,15-16H,9-10H2,1-4H3;2*1H. The third-order valence-corrected chi connectivity index (χ3v) is 3.16. The minimum Gasteiger partial charge on any atom is -0.317 e. The van der Waals surface area contributed by atoms with Gasteiger partial charge in [0.2, 0.25) is 0 Å². The number of rotatable bonds is 6. The van der Waals surface area contributed by atoms with Gasteiger partial charge >= 0.3 is 0 Å². The molecule has 1 aromatic carbocycles. The van der Waals surface area contributed by atoms with E-state index in [0.29, 0.717) is 12.1 Å². The molecule has 0 saturated heterocycles. The van der Waals surface area contributed by atoms with Gasteiger partial charge in [-0.3, -0.25) is 0 Å². The number of halogens is 2. The molecule has 0 aliphatic rings. The zero-order valence-corrected chi connectivity index (χ0v) is 13.3. The predicted octanol–water partition coefficient (Wildman–Crippen LogP) is 2.83. The highest BCUT2D eigenvalue weighted by Gasteiger charge is 2.08. The summed E-state index contributed by atoms with van der Waals surface area (Å²) in [6.45, 7) is 4.44. The summed E-state index contributed by atoms with van der Waals surface area (Å²) >= 11 is 0. The summed E-state index contributed by atoms with van der Waals surface area (Å²) in [6, 6.07) is 9.81. The van der Waals surface area contributed by atoms with Gasteiger partial charge in [-0.25, -0.2) is 0 Å². The molecule has 0 spiro atoms. The van der Waals surface area contributed by atoms with Gasteiger partial charge in [-0.05, 0) is 51.9 Å². The Morgan fingerprint density at radius 3 is 1.44 bits per heavy atom. The second-order valence-corrected chi connectivity index (χ2v) is 4.56. The van der Waals surface area contributed by atoms with Crippen molar-refractivity contribution < 1.29 is 0 Å². The average molecular weight is 293 g/mol. The van der Waals surface area contributed by atoms with Crippen molar-refractivity contribution in [1.29, 1.82) is 0 Å². The highest BCUT2D eigenvalue weighted by atomic mass is 35.5. The summed E-state index contributed by atoms with van der Waals surface area (Å²) in [5.74, 6) is 0. The zero-order valence-electron chi connectivity index (χ0n) is 11.7. The fraction of sp³-hybridized carbons (Fsp3) is 0.571. The van der Waals surface area contributed by atoms with Crippen LogP contribution in [0.3, 0.4) is 0 Å². The molecular weight excluding hydrogens is 267 g/mol. The number of benzene rings is 1. The van der Waals surface area contributed by atoms with Crippen LogP contribution in [0.5, 0.6) is 0 Å². The van der Waals surface area contributed by atoms with E-state index in [9.17, 15) is 0 Å². The summed E-state index contributed by atoms with van der Waals surface area (Å²) < 4.78 is 0. The Morgan fingerprint density at radius 2 is 1.17 bits per heavy atom. The molecule has 18 heavy (non-hydrogen) atoms. The molecule has 1 aromatic rings. The number of likely N-dealkylation sites (N-methyl/N-ethyl adjacent to an activating group) is 2. The van der Waals surface area contributed by atoms with Crippen molar-refractivity contribution >= 4 is 24.8 Å². The normalized spacial score (nSPS) is 13.1. The van der Waals surface area contributed by atoms with Crippen molar-refractivity contribution in [2.24, 2.45) is 0 Å². The molecule has 0 bridgehead atoms. The first-order valence-electron chi connectivity index (χ1n) is 6.08. The molecular formula is C14H26Cl2N2. The fourth-order valence-corrected chi connectivity index (χ4v) is 1.82. The Hall–Kier alpha value is -0.280. The minimum absolute atomic E-state index is 0. The van der Waals surface area contributed by atoms with E-state index in [1.165, 1.54) is 11.1 Å². The van der Waals surface area contributed by atoms with Gasteiger partial charge in [0, 0.05) is 12.1 Å².